The predicted octanol–water partition coefficient (Wildman–Crippen LogP) is 12.1. The van der Waals surface area contributed by atoms with E-state index < -0.39 is 44.7 Å². The standard InChI is InChI=1S/C30H19F3NO.C13H12N.Ir/c1-17-14-20(30(31,32)33)11-13-21(17)26-15-27(34-16-18(26)2)25-9-5-8-23-24-12-10-19-6-3-4-7-22(19)28(24)35-29(23)25;1-10-3-6-12(7-4-10)13-8-5-11(2)9-14-13;/h3-8,10-16H,1-2H3;3-6,8-9H,1-2H3;/q2*-1;/i2*1D3,2D3;. The number of rotatable bonds is 3. The Morgan fingerprint density at radius 2 is 1.46 bits per heavy atom. The first-order valence-corrected chi connectivity index (χ1v) is 14.9. The third-order valence-electron chi connectivity index (χ3n) is 7.97. The third-order valence-corrected chi connectivity index (χ3v) is 7.97. The third kappa shape index (κ3) is 6.84. The Bertz CT molecular complexity index is 2850. The zero-order valence-electron chi connectivity index (χ0n) is 37.7. The molecule has 3 nitrogen and oxygen atoms in total. The summed E-state index contributed by atoms with van der Waals surface area (Å²) in [4.78, 5) is 8.44. The van der Waals surface area contributed by atoms with Gasteiger partial charge < -0.3 is 14.4 Å². The molecule has 0 atom stereocenters. The molecule has 0 aliphatic heterocycles. The molecule has 0 amide bonds. The number of fused-ring (bicyclic) bond motifs is 5. The number of benzene rings is 5. The van der Waals surface area contributed by atoms with Crippen molar-refractivity contribution in [1.82, 2.24) is 9.97 Å². The van der Waals surface area contributed by atoms with E-state index in [1.807, 2.05) is 42.5 Å². The Hall–Kier alpha value is -5.10. The number of nitrogens with zero attached hydrogens (tertiary/aromatic N) is 2. The maximum atomic E-state index is 13.5. The zero-order chi connectivity index (χ0) is 44.3. The van der Waals surface area contributed by atoms with Crippen molar-refractivity contribution in [2.45, 2.75) is 33.6 Å². The van der Waals surface area contributed by atoms with Crippen LogP contribution in [0.2, 0.25) is 0 Å². The molecule has 0 N–H and O–H groups in total. The van der Waals surface area contributed by atoms with Crippen LogP contribution < -0.4 is 0 Å². The summed E-state index contributed by atoms with van der Waals surface area (Å²) in [5.41, 5.74) is 0.949. The summed E-state index contributed by atoms with van der Waals surface area (Å²) in [7, 11) is 0. The normalized spacial score (nSPS) is 15.9. The summed E-state index contributed by atoms with van der Waals surface area (Å²) in [5, 5.41) is 3.48. The van der Waals surface area contributed by atoms with Gasteiger partial charge in [0.25, 0.3) is 0 Å². The van der Waals surface area contributed by atoms with Crippen molar-refractivity contribution < 1.29 is 54.1 Å². The molecule has 251 valence electrons. The van der Waals surface area contributed by atoms with Crippen LogP contribution >= 0.6 is 0 Å². The van der Waals surface area contributed by atoms with Gasteiger partial charge in [-0.15, -0.1) is 53.6 Å². The molecular weight excluding hydrogens is 810 g/mol. The molecule has 8 rings (SSSR count). The first-order valence-electron chi connectivity index (χ1n) is 20.9. The number of halogens is 3. The van der Waals surface area contributed by atoms with Crippen molar-refractivity contribution in [3.05, 3.63) is 155 Å². The zero-order valence-corrected chi connectivity index (χ0v) is 28.1. The summed E-state index contributed by atoms with van der Waals surface area (Å²) in [6.07, 6.45) is -2.39. The predicted molar refractivity (Wildman–Crippen MR) is 191 cm³/mol. The molecule has 0 saturated heterocycles. The first-order chi connectivity index (χ1) is 28.4. The van der Waals surface area contributed by atoms with Crippen LogP contribution in [0.4, 0.5) is 13.2 Å². The Labute approximate surface area is 319 Å². The minimum atomic E-state index is -4.79. The number of furan rings is 1. The molecule has 0 aliphatic carbocycles. The number of hydrogen-bond acceptors (Lipinski definition) is 3. The molecule has 0 unspecified atom stereocenters. The number of pyridine rings is 2. The van der Waals surface area contributed by atoms with Crippen LogP contribution in [0.25, 0.3) is 66.4 Å². The molecule has 5 aromatic carbocycles. The van der Waals surface area contributed by atoms with Crippen LogP contribution in [-0.4, -0.2) is 9.97 Å². The molecule has 7 heteroatoms. The fourth-order valence-corrected chi connectivity index (χ4v) is 5.57. The molecule has 3 aromatic heterocycles. The van der Waals surface area contributed by atoms with E-state index in [9.17, 15) is 13.2 Å². The molecule has 0 spiro atoms. The van der Waals surface area contributed by atoms with E-state index in [1.54, 1.807) is 18.2 Å². The van der Waals surface area contributed by atoms with E-state index in [2.05, 4.69) is 22.1 Å². The van der Waals surface area contributed by atoms with Crippen LogP contribution in [-0.2, 0) is 26.3 Å². The van der Waals surface area contributed by atoms with E-state index in [0.717, 1.165) is 39.9 Å². The van der Waals surface area contributed by atoms with Crippen LogP contribution in [0.15, 0.2) is 120 Å². The number of aryl methyl sites for hydroxylation is 4. The van der Waals surface area contributed by atoms with Gasteiger partial charge in [0, 0.05) is 59.7 Å². The van der Waals surface area contributed by atoms with Gasteiger partial charge in [0.1, 0.15) is 5.58 Å². The number of hydrogen-bond donors (Lipinski definition) is 0. The summed E-state index contributed by atoms with van der Waals surface area (Å²) < 4.78 is 138. The second-order valence-electron chi connectivity index (χ2n) is 11.2. The molecule has 0 aliphatic rings. The maximum Gasteiger partial charge on any atom is 0.416 e. The van der Waals surface area contributed by atoms with E-state index in [0.29, 0.717) is 34.1 Å². The van der Waals surface area contributed by atoms with Crippen LogP contribution in [0.5, 0.6) is 0 Å². The Morgan fingerprint density at radius 1 is 0.660 bits per heavy atom. The van der Waals surface area contributed by atoms with E-state index in [4.69, 9.17) is 20.9 Å². The largest absolute Gasteiger partial charge is 0.500 e. The van der Waals surface area contributed by atoms with Crippen molar-refractivity contribution >= 4 is 32.7 Å². The molecule has 0 bridgehead atoms. The van der Waals surface area contributed by atoms with Gasteiger partial charge in [0.05, 0.1) is 11.1 Å². The topological polar surface area (TPSA) is 38.9 Å². The van der Waals surface area contributed by atoms with Crippen LogP contribution in [0.3, 0.4) is 0 Å². The van der Waals surface area contributed by atoms with Gasteiger partial charge in [-0.2, -0.15) is 13.2 Å². The minimum absolute atomic E-state index is 0. The fraction of sp³-hybridized carbons (Fsp3) is 0.116. The molecule has 0 fully saturated rings. The van der Waals surface area contributed by atoms with Gasteiger partial charge in [-0.25, -0.2) is 0 Å². The molecule has 50 heavy (non-hydrogen) atoms. The van der Waals surface area contributed by atoms with Crippen molar-refractivity contribution in [2.24, 2.45) is 0 Å². The van der Waals surface area contributed by atoms with Gasteiger partial charge in [-0.1, -0.05) is 78.5 Å². The minimum Gasteiger partial charge on any atom is -0.500 e. The van der Waals surface area contributed by atoms with E-state index in [1.165, 1.54) is 30.5 Å². The van der Waals surface area contributed by atoms with Gasteiger partial charge in [-0.3, -0.25) is 0 Å². The second-order valence-corrected chi connectivity index (χ2v) is 11.2. The van der Waals surface area contributed by atoms with Crippen LogP contribution in [0, 0.1) is 39.5 Å². The van der Waals surface area contributed by atoms with E-state index >= 15 is 0 Å². The summed E-state index contributed by atoms with van der Waals surface area (Å²) >= 11 is 0. The molecular formula is C43H31F3IrN2O-2. The first kappa shape index (κ1) is 22.6. The van der Waals surface area contributed by atoms with Crippen LogP contribution in [0.1, 0.15) is 44.3 Å². The monoisotopic (exact) mass is 853 g/mol. The SMILES string of the molecule is [2H]C([2H])([2H])c1c[c-]c(-c2ccc(C([2H])([2H])[2H])cn2)cc1.[2H]C([2H])([2H])c1cnc(-c2[c-]ccc3c2oc2c4ccccc4ccc32)cc1-c1ccc(C(F)(F)F)cc1C([2H])([2H])[2H].[Ir]. The van der Waals surface area contributed by atoms with Gasteiger partial charge in [-0.05, 0) is 77.3 Å². The van der Waals surface area contributed by atoms with Gasteiger partial charge >= 0.3 is 6.18 Å². The summed E-state index contributed by atoms with van der Waals surface area (Å²) in [5.74, 6) is 0. The Kier molecular flexibility index (Phi) is 6.33. The van der Waals surface area contributed by atoms with Gasteiger partial charge in [0.15, 0.2) is 0 Å². The molecule has 3 heterocycles. The summed E-state index contributed by atoms with van der Waals surface area (Å²) in [6.45, 7) is -10.0. The van der Waals surface area contributed by atoms with Crippen molar-refractivity contribution in [3.63, 3.8) is 0 Å². The quantitative estimate of drug-likeness (QED) is 0.166. The average Bonchev–Trinajstić information content (AvgIpc) is 3.59. The van der Waals surface area contributed by atoms with Crippen molar-refractivity contribution in [3.8, 4) is 33.6 Å². The van der Waals surface area contributed by atoms with Crippen molar-refractivity contribution in [1.29, 1.82) is 0 Å². The van der Waals surface area contributed by atoms with E-state index in [-0.39, 0.29) is 53.6 Å². The average molecular weight is 853 g/mol. The van der Waals surface area contributed by atoms with Crippen molar-refractivity contribution in [2.75, 3.05) is 0 Å². The van der Waals surface area contributed by atoms with Gasteiger partial charge in [0.2, 0.25) is 0 Å². The molecule has 8 aromatic rings. The number of alkyl halides is 3. The molecule has 1 radical (unpaired) electrons. The second kappa shape index (κ2) is 14.0. The Morgan fingerprint density at radius 3 is 2.20 bits per heavy atom. The Balaban J connectivity index is 0.000000258. The molecule has 0 saturated carbocycles. The smallest absolute Gasteiger partial charge is 0.416 e. The number of aromatic nitrogens is 2. The maximum absolute atomic E-state index is 13.5. The summed E-state index contributed by atoms with van der Waals surface area (Å²) in [6, 6.07) is 32.3. The fourth-order valence-electron chi connectivity index (χ4n) is 5.57.